The molecule has 4 nitrogen and oxygen atoms in total. The van der Waals surface area contributed by atoms with E-state index in [1.54, 1.807) is 17.5 Å². The second-order valence-corrected chi connectivity index (χ2v) is 5.39. The maximum absolute atomic E-state index is 5.79. The van der Waals surface area contributed by atoms with E-state index in [0.717, 1.165) is 16.2 Å². The predicted molar refractivity (Wildman–Crippen MR) is 74.7 cm³/mol. The molecule has 0 saturated heterocycles. The molecule has 0 amide bonds. The van der Waals surface area contributed by atoms with Gasteiger partial charge in [-0.25, -0.2) is 9.97 Å². The number of aromatic nitrogens is 3. The fourth-order valence-corrected chi connectivity index (χ4v) is 2.63. The smallest absolute Gasteiger partial charge is 0.150 e. The van der Waals surface area contributed by atoms with E-state index < -0.39 is 0 Å². The van der Waals surface area contributed by atoms with Gasteiger partial charge in [-0.05, 0) is 25.1 Å². The Labute approximate surface area is 113 Å². The molecule has 0 saturated carbocycles. The molecule has 2 heterocycles. The van der Waals surface area contributed by atoms with Crippen LogP contribution in [-0.4, -0.2) is 15.0 Å². The van der Waals surface area contributed by atoms with Crippen LogP contribution < -0.4 is 5.32 Å². The first-order valence-corrected chi connectivity index (χ1v) is 6.52. The summed E-state index contributed by atoms with van der Waals surface area (Å²) in [4.78, 5) is 12.6. The van der Waals surface area contributed by atoms with Crippen LogP contribution in [0.25, 0.3) is 10.2 Å². The molecule has 0 aliphatic heterocycles. The molecule has 0 aliphatic rings. The molecule has 0 atom stereocenters. The third-order valence-electron chi connectivity index (χ3n) is 2.37. The zero-order chi connectivity index (χ0) is 12.5. The van der Waals surface area contributed by atoms with Crippen LogP contribution in [0.3, 0.4) is 0 Å². The van der Waals surface area contributed by atoms with E-state index in [0.29, 0.717) is 11.0 Å². The van der Waals surface area contributed by atoms with Crippen LogP contribution in [0.1, 0.15) is 5.01 Å². The Hall–Kier alpha value is -1.72. The number of aryl methyl sites for hydroxylation is 1. The summed E-state index contributed by atoms with van der Waals surface area (Å²) in [5, 5.41) is 4.58. The third kappa shape index (κ3) is 2.27. The number of rotatable bonds is 2. The minimum atomic E-state index is 0.366. The average molecular weight is 277 g/mol. The summed E-state index contributed by atoms with van der Waals surface area (Å²) in [6.45, 7) is 2.00. The Morgan fingerprint density at radius 3 is 2.94 bits per heavy atom. The summed E-state index contributed by atoms with van der Waals surface area (Å²) in [5.74, 6) is 0.619. The first kappa shape index (κ1) is 11.4. The first-order valence-electron chi connectivity index (χ1n) is 5.32. The molecule has 2 aromatic heterocycles. The Bertz CT molecular complexity index is 710. The number of hydrogen-bond donors (Lipinski definition) is 1. The van der Waals surface area contributed by atoms with Gasteiger partial charge in [-0.1, -0.05) is 11.6 Å². The van der Waals surface area contributed by atoms with Gasteiger partial charge < -0.3 is 5.32 Å². The van der Waals surface area contributed by atoms with Crippen molar-refractivity contribution >= 4 is 44.7 Å². The molecule has 0 radical (unpaired) electrons. The van der Waals surface area contributed by atoms with Gasteiger partial charge in [0.15, 0.2) is 5.82 Å². The lowest BCUT2D eigenvalue weighted by atomic mass is 10.3. The molecular weight excluding hydrogens is 268 g/mol. The van der Waals surface area contributed by atoms with Crippen molar-refractivity contribution in [2.75, 3.05) is 5.32 Å². The van der Waals surface area contributed by atoms with E-state index in [1.165, 1.54) is 10.9 Å². The van der Waals surface area contributed by atoms with Gasteiger partial charge in [0.25, 0.3) is 0 Å². The molecule has 1 aromatic carbocycles. The summed E-state index contributed by atoms with van der Waals surface area (Å²) in [5.41, 5.74) is 1.90. The largest absolute Gasteiger partial charge is 0.339 e. The molecule has 18 heavy (non-hydrogen) atoms. The standard InChI is InChI=1S/C12H9ClN4S/c1-7-15-9-4-8(2-3-10(9)18-7)16-12-6-14-5-11(13)17-12/h2-6H,1H3,(H,16,17). The normalized spacial score (nSPS) is 10.8. The lowest BCUT2D eigenvalue weighted by molar-refractivity contribution is 1.20. The molecule has 90 valence electrons. The van der Waals surface area contributed by atoms with Gasteiger partial charge in [-0.15, -0.1) is 11.3 Å². The Kier molecular flexibility index (Phi) is 2.85. The van der Waals surface area contributed by atoms with Crippen LogP contribution in [0.4, 0.5) is 11.5 Å². The number of nitrogens with one attached hydrogen (secondary N) is 1. The number of benzene rings is 1. The van der Waals surface area contributed by atoms with Crippen LogP contribution in [-0.2, 0) is 0 Å². The van der Waals surface area contributed by atoms with E-state index in [1.807, 2.05) is 25.1 Å². The Balaban J connectivity index is 1.94. The summed E-state index contributed by atoms with van der Waals surface area (Å²) < 4.78 is 1.18. The molecule has 0 spiro atoms. The van der Waals surface area contributed by atoms with Crippen molar-refractivity contribution < 1.29 is 0 Å². The number of nitrogens with zero attached hydrogens (tertiary/aromatic N) is 3. The molecule has 3 aromatic rings. The molecule has 6 heteroatoms. The summed E-state index contributed by atoms with van der Waals surface area (Å²) in [7, 11) is 0. The number of anilines is 2. The maximum Gasteiger partial charge on any atom is 0.150 e. The zero-order valence-corrected chi connectivity index (χ0v) is 11.1. The van der Waals surface area contributed by atoms with Crippen molar-refractivity contribution in [3.05, 3.63) is 40.8 Å². The fourth-order valence-electron chi connectivity index (χ4n) is 1.67. The predicted octanol–water partition coefficient (Wildman–Crippen LogP) is 3.79. The van der Waals surface area contributed by atoms with Crippen molar-refractivity contribution in [1.29, 1.82) is 0 Å². The highest BCUT2D eigenvalue weighted by Gasteiger charge is 2.03. The molecule has 0 fully saturated rings. The van der Waals surface area contributed by atoms with Crippen molar-refractivity contribution in [1.82, 2.24) is 15.0 Å². The first-order chi connectivity index (χ1) is 8.70. The van der Waals surface area contributed by atoms with Crippen molar-refractivity contribution in [2.24, 2.45) is 0 Å². The van der Waals surface area contributed by atoms with E-state index >= 15 is 0 Å². The molecule has 3 rings (SSSR count). The molecule has 1 N–H and O–H groups in total. The lowest BCUT2D eigenvalue weighted by Gasteiger charge is -2.04. The van der Waals surface area contributed by atoms with E-state index in [4.69, 9.17) is 11.6 Å². The third-order valence-corrected chi connectivity index (χ3v) is 3.51. The van der Waals surface area contributed by atoms with Crippen molar-refractivity contribution in [3.63, 3.8) is 0 Å². The van der Waals surface area contributed by atoms with Crippen LogP contribution >= 0.6 is 22.9 Å². The summed E-state index contributed by atoms with van der Waals surface area (Å²) in [6, 6.07) is 6.02. The van der Waals surface area contributed by atoms with Gasteiger partial charge >= 0.3 is 0 Å². The highest BCUT2D eigenvalue weighted by atomic mass is 35.5. The second-order valence-electron chi connectivity index (χ2n) is 3.77. The van der Waals surface area contributed by atoms with Crippen LogP contribution in [0, 0.1) is 6.92 Å². The highest BCUT2D eigenvalue weighted by Crippen LogP contribution is 2.25. The van der Waals surface area contributed by atoms with Crippen LogP contribution in [0.15, 0.2) is 30.6 Å². The average Bonchev–Trinajstić information content (AvgIpc) is 2.68. The molecule has 0 bridgehead atoms. The van der Waals surface area contributed by atoms with E-state index in [-0.39, 0.29) is 0 Å². The van der Waals surface area contributed by atoms with Gasteiger partial charge in [0.2, 0.25) is 0 Å². The highest BCUT2D eigenvalue weighted by molar-refractivity contribution is 7.18. The lowest BCUT2D eigenvalue weighted by Crippen LogP contribution is -1.94. The number of thiazole rings is 1. The van der Waals surface area contributed by atoms with Gasteiger partial charge in [-0.2, -0.15) is 0 Å². The zero-order valence-electron chi connectivity index (χ0n) is 9.51. The number of halogens is 1. The summed E-state index contributed by atoms with van der Waals surface area (Å²) >= 11 is 7.47. The van der Waals surface area contributed by atoms with Gasteiger partial charge in [0.05, 0.1) is 27.6 Å². The quantitative estimate of drug-likeness (QED) is 0.774. The minimum Gasteiger partial charge on any atom is -0.339 e. The van der Waals surface area contributed by atoms with E-state index in [9.17, 15) is 0 Å². The molecule has 0 aliphatic carbocycles. The van der Waals surface area contributed by atoms with Gasteiger partial charge in [0.1, 0.15) is 5.15 Å². The summed E-state index contributed by atoms with van der Waals surface area (Å²) in [6.07, 6.45) is 3.13. The fraction of sp³-hybridized carbons (Fsp3) is 0.0833. The second kappa shape index (κ2) is 4.51. The van der Waals surface area contributed by atoms with Gasteiger partial charge in [-0.3, -0.25) is 4.98 Å². The minimum absolute atomic E-state index is 0.366. The molecule has 0 unspecified atom stereocenters. The van der Waals surface area contributed by atoms with Crippen molar-refractivity contribution in [3.8, 4) is 0 Å². The number of fused-ring (bicyclic) bond motifs is 1. The maximum atomic E-state index is 5.79. The Morgan fingerprint density at radius 2 is 2.11 bits per heavy atom. The number of hydrogen-bond acceptors (Lipinski definition) is 5. The van der Waals surface area contributed by atoms with Crippen molar-refractivity contribution in [2.45, 2.75) is 6.92 Å². The molecular formula is C12H9ClN4S. The van der Waals surface area contributed by atoms with Crippen LogP contribution in [0.2, 0.25) is 5.15 Å². The van der Waals surface area contributed by atoms with E-state index in [2.05, 4.69) is 20.3 Å². The topological polar surface area (TPSA) is 50.7 Å². The van der Waals surface area contributed by atoms with Crippen LogP contribution in [0.5, 0.6) is 0 Å². The van der Waals surface area contributed by atoms with Gasteiger partial charge in [0, 0.05) is 5.69 Å². The monoisotopic (exact) mass is 276 g/mol. The SMILES string of the molecule is Cc1nc2cc(Nc3cncc(Cl)n3)ccc2s1. The Morgan fingerprint density at radius 1 is 1.22 bits per heavy atom.